The average molecular weight is 400 g/mol. The van der Waals surface area contributed by atoms with Crippen LogP contribution >= 0.6 is 23.1 Å². The van der Waals surface area contributed by atoms with Gasteiger partial charge in [-0.2, -0.15) is 0 Å². The molecule has 0 spiro atoms. The molecule has 1 heterocycles. The van der Waals surface area contributed by atoms with Crippen LogP contribution in [0.15, 0.2) is 52.9 Å². The highest BCUT2D eigenvalue weighted by molar-refractivity contribution is 8.00. The SMILES string of the molecule is CCc1ccc(OCC(=O)Nc2nnc(SCc3ccc(C)cc3)s2)cc1. The highest BCUT2D eigenvalue weighted by Crippen LogP contribution is 2.28. The summed E-state index contributed by atoms with van der Waals surface area (Å²) in [4.78, 5) is 12.0. The molecule has 0 atom stereocenters. The van der Waals surface area contributed by atoms with E-state index in [1.54, 1.807) is 11.8 Å². The molecule has 0 radical (unpaired) electrons. The topological polar surface area (TPSA) is 64.1 Å². The number of amides is 1. The van der Waals surface area contributed by atoms with Crippen LogP contribution in [0, 0.1) is 6.92 Å². The second-order valence-corrected chi connectivity index (χ2v) is 8.18. The smallest absolute Gasteiger partial charge is 0.264 e. The molecule has 0 unspecified atom stereocenters. The van der Waals surface area contributed by atoms with E-state index in [9.17, 15) is 4.79 Å². The van der Waals surface area contributed by atoms with Gasteiger partial charge in [-0.05, 0) is 36.6 Å². The standard InChI is InChI=1S/C20H21N3O2S2/c1-3-15-8-10-17(11-9-15)25-12-18(24)21-19-22-23-20(27-19)26-13-16-6-4-14(2)5-7-16/h4-11H,3,12-13H2,1-2H3,(H,21,22,24). The Kier molecular flexibility index (Phi) is 6.84. The lowest BCUT2D eigenvalue weighted by atomic mass is 10.2. The summed E-state index contributed by atoms with van der Waals surface area (Å²) in [5, 5.41) is 11.3. The first-order valence-corrected chi connectivity index (χ1v) is 10.5. The predicted molar refractivity (Wildman–Crippen MR) is 111 cm³/mol. The van der Waals surface area contributed by atoms with Gasteiger partial charge in [0.05, 0.1) is 0 Å². The zero-order chi connectivity index (χ0) is 19.1. The predicted octanol–water partition coefficient (Wildman–Crippen LogP) is 4.72. The van der Waals surface area contributed by atoms with Crippen LogP contribution in [0.1, 0.15) is 23.6 Å². The third-order valence-electron chi connectivity index (χ3n) is 3.84. The Morgan fingerprint density at radius 2 is 1.78 bits per heavy atom. The van der Waals surface area contributed by atoms with Crippen LogP contribution in [0.4, 0.5) is 5.13 Å². The van der Waals surface area contributed by atoms with E-state index in [1.165, 1.54) is 28.0 Å². The number of nitrogens with one attached hydrogen (secondary N) is 1. The summed E-state index contributed by atoms with van der Waals surface area (Å²) < 4.78 is 6.32. The van der Waals surface area contributed by atoms with Crippen molar-refractivity contribution >= 4 is 34.1 Å². The van der Waals surface area contributed by atoms with Gasteiger partial charge < -0.3 is 4.74 Å². The number of anilines is 1. The molecule has 0 fully saturated rings. The van der Waals surface area contributed by atoms with E-state index < -0.39 is 0 Å². The number of thioether (sulfide) groups is 1. The molecule has 3 aromatic rings. The third kappa shape index (κ3) is 6.08. The summed E-state index contributed by atoms with van der Waals surface area (Å²) in [5.74, 6) is 1.24. The minimum atomic E-state index is -0.249. The van der Waals surface area contributed by atoms with E-state index in [4.69, 9.17) is 4.74 Å². The van der Waals surface area contributed by atoms with Gasteiger partial charge in [0.25, 0.3) is 5.91 Å². The van der Waals surface area contributed by atoms with Crippen molar-refractivity contribution in [1.29, 1.82) is 0 Å². The van der Waals surface area contributed by atoms with Crippen LogP contribution in [0.3, 0.4) is 0 Å². The summed E-state index contributed by atoms with van der Waals surface area (Å²) in [6.07, 6.45) is 0.974. The van der Waals surface area contributed by atoms with E-state index in [1.807, 2.05) is 24.3 Å². The molecule has 1 N–H and O–H groups in total. The number of ether oxygens (including phenoxy) is 1. The van der Waals surface area contributed by atoms with E-state index in [0.717, 1.165) is 16.5 Å². The Bertz CT molecular complexity index is 877. The number of nitrogens with zero attached hydrogens (tertiary/aromatic N) is 2. The minimum Gasteiger partial charge on any atom is -0.484 e. The fourth-order valence-corrected chi connectivity index (χ4v) is 4.00. The van der Waals surface area contributed by atoms with Gasteiger partial charge in [-0.25, -0.2) is 0 Å². The van der Waals surface area contributed by atoms with Gasteiger partial charge in [0.1, 0.15) is 5.75 Å². The van der Waals surface area contributed by atoms with E-state index in [0.29, 0.717) is 10.9 Å². The molecule has 0 saturated heterocycles. The maximum Gasteiger partial charge on any atom is 0.264 e. The Morgan fingerprint density at radius 1 is 1.07 bits per heavy atom. The minimum absolute atomic E-state index is 0.0586. The van der Waals surface area contributed by atoms with Gasteiger partial charge in [0, 0.05) is 5.75 Å². The maximum absolute atomic E-state index is 12.0. The number of hydrogen-bond donors (Lipinski definition) is 1. The van der Waals surface area contributed by atoms with Crippen molar-refractivity contribution in [3.8, 4) is 5.75 Å². The number of carbonyl (C=O) groups is 1. The normalized spacial score (nSPS) is 10.6. The molecule has 7 heteroatoms. The zero-order valence-electron chi connectivity index (χ0n) is 15.3. The first-order chi connectivity index (χ1) is 13.1. The number of hydrogen-bond acceptors (Lipinski definition) is 6. The molecule has 0 aliphatic rings. The van der Waals surface area contributed by atoms with Crippen LogP contribution in [0.2, 0.25) is 0 Å². The number of carbonyl (C=O) groups excluding carboxylic acids is 1. The van der Waals surface area contributed by atoms with Crippen LogP contribution in [-0.4, -0.2) is 22.7 Å². The monoisotopic (exact) mass is 399 g/mol. The molecule has 2 aromatic carbocycles. The van der Waals surface area contributed by atoms with Crippen LogP contribution < -0.4 is 10.1 Å². The highest BCUT2D eigenvalue weighted by Gasteiger charge is 2.09. The summed E-state index contributed by atoms with van der Waals surface area (Å²) >= 11 is 2.97. The van der Waals surface area contributed by atoms with Crippen molar-refractivity contribution in [2.75, 3.05) is 11.9 Å². The fraction of sp³-hybridized carbons (Fsp3) is 0.250. The molecule has 3 rings (SSSR count). The van der Waals surface area contributed by atoms with Crippen LogP contribution in [-0.2, 0) is 17.0 Å². The van der Waals surface area contributed by atoms with Gasteiger partial charge in [0.15, 0.2) is 10.9 Å². The molecule has 0 aliphatic heterocycles. The summed E-state index contributed by atoms with van der Waals surface area (Å²) in [6.45, 7) is 4.11. The van der Waals surface area contributed by atoms with Gasteiger partial charge in [-0.1, -0.05) is 72.0 Å². The van der Waals surface area contributed by atoms with Crippen LogP contribution in [0.5, 0.6) is 5.75 Å². The van der Waals surface area contributed by atoms with Gasteiger partial charge in [-0.3, -0.25) is 10.1 Å². The Labute approximate surface area is 167 Å². The number of aromatic nitrogens is 2. The molecule has 140 valence electrons. The first-order valence-electron chi connectivity index (χ1n) is 8.66. The molecule has 5 nitrogen and oxygen atoms in total. The third-order valence-corrected chi connectivity index (χ3v) is 5.88. The lowest BCUT2D eigenvalue weighted by Crippen LogP contribution is -2.20. The largest absolute Gasteiger partial charge is 0.484 e. The van der Waals surface area contributed by atoms with Crippen molar-refractivity contribution in [2.24, 2.45) is 0 Å². The number of rotatable bonds is 8. The van der Waals surface area contributed by atoms with Crippen molar-refractivity contribution in [1.82, 2.24) is 10.2 Å². The lowest BCUT2D eigenvalue weighted by molar-refractivity contribution is -0.118. The highest BCUT2D eigenvalue weighted by atomic mass is 32.2. The molecule has 1 aromatic heterocycles. The van der Waals surface area contributed by atoms with Crippen molar-refractivity contribution in [2.45, 2.75) is 30.4 Å². The molecule has 0 saturated carbocycles. The van der Waals surface area contributed by atoms with Crippen LogP contribution in [0.25, 0.3) is 0 Å². The molecular weight excluding hydrogens is 378 g/mol. The van der Waals surface area contributed by atoms with E-state index in [-0.39, 0.29) is 12.5 Å². The quantitative estimate of drug-likeness (QED) is 0.439. The first kappa shape index (κ1) is 19.4. The zero-order valence-corrected chi connectivity index (χ0v) is 16.9. The van der Waals surface area contributed by atoms with Crippen molar-refractivity contribution in [3.05, 3.63) is 65.2 Å². The number of aryl methyl sites for hydroxylation is 2. The second-order valence-electron chi connectivity index (χ2n) is 5.98. The molecular formula is C20H21N3O2S2. The van der Waals surface area contributed by atoms with Crippen molar-refractivity contribution in [3.63, 3.8) is 0 Å². The average Bonchev–Trinajstić information content (AvgIpc) is 3.13. The lowest BCUT2D eigenvalue weighted by Gasteiger charge is -2.06. The molecule has 0 bridgehead atoms. The summed E-state index contributed by atoms with van der Waals surface area (Å²) in [6, 6.07) is 16.1. The second kappa shape index (κ2) is 9.53. The maximum atomic E-state index is 12.0. The molecule has 27 heavy (non-hydrogen) atoms. The molecule has 1 amide bonds. The summed E-state index contributed by atoms with van der Waals surface area (Å²) in [7, 11) is 0. The summed E-state index contributed by atoms with van der Waals surface area (Å²) in [5.41, 5.74) is 3.71. The van der Waals surface area contributed by atoms with Gasteiger partial charge in [0.2, 0.25) is 5.13 Å². The van der Waals surface area contributed by atoms with Gasteiger partial charge in [-0.15, -0.1) is 10.2 Å². The van der Waals surface area contributed by atoms with E-state index in [2.05, 4.69) is 53.6 Å². The Morgan fingerprint density at radius 3 is 2.48 bits per heavy atom. The Balaban J connectivity index is 1.44. The fourth-order valence-electron chi connectivity index (χ4n) is 2.27. The molecule has 0 aliphatic carbocycles. The van der Waals surface area contributed by atoms with E-state index >= 15 is 0 Å². The number of benzene rings is 2. The Hall–Kier alpha value is -2.38. The van der Waals surface area contributed by atoms with Crippen molar-refractivity contribution < 1.29 is 9.53 Å². The van der Waals surface area contributed by atoms with Gasteiger partial charge >= 0.3 is 0 Å².